The SMILES string of the molecule is O=NCCCc1ccc2c(c1)OCCO2. The first-order chi connectivity index (χ1) is 7.40. The summed E-state index contributed by atoms with van der Waals surface area (Å²) in [6, 6.07) is 5.88. The molecule has 0 spiro atoms. The van der Waals surface area contributed by atoms with Crippen LogP contribution >= 0.6 is 0 Å². The highest BCUT2D eigenvalue weighted by molar-refractivity contribution is 5.43. The lowest BCUT2D eigenvalue weighted by Gasteiger charge is -2.18. The fourth-order valence-corrected chi connectivity index (χ4v) is 1.59. The first-order valence-corrected chi connectivity index (χ1v) is 5.08. The number of fused-ring (bicyclic) bond motifs is 1. The molecule has 4 heteroatoms. The molecule has 0 fully saturated rings. The number of hydrogen-bond donors (Lipinski definition) is 0. The number of aryl methyl sites for hydroxylation is 1. The second-order valence-corrected chi connectivity index (χ2v) is 3.43. The molecule has 15 heavy (non-hydrogen) atoms. The molecule has 0 bridgehead atoms. The van der Waals surface area contributed by atoms with Crippen LogP contribution in [0.2, 0.25) is 0 Å². The van der Waals surface area contributed by atoms with Gasteiger partial charge < -0.3 is 9.47 Å². The van der Waals surface area contributed by atoms with E-state index in [1.807, 2.05) is 18.2 Å². The monoisotopic (exact) mass is 207 g/mol. The molecule has 0 unspecified atom stereocenters. The average Bonchev–Trinajstić information content (AvgIpc) is 2.29. The zero-order valence-corrected chi connectivity index (χ0v) is 8.44. The summed E-state index contributed by atoms with van der Waals surface area (Å²) in [4.78, 5) is 9.93. The molecule has 1 aliphatic rings. The number of nitroso groups, excluding NO2 is 1. The van der Waals surface area contributed by atoms with Crippen molar-refractivity contribution in [1.29, 1.82) is 0 Å². The lowest BCUT2D eigenvalue weighted by Crippen LogP contribution is -2.15. The Hall–Kier alpha value is -1.58. The van der Waals surface area contributed by atoms with Gasteiger partial charge in [-0.1, -0.05) is 11.2 Å². The molecule has 0 radical (unpaired) electrons. The van der Waals surface area contributed by atoms with Crippen molar-refractivity contribution in [2.75, 3.05) is 19.8 Å². The van der Waals surface area contributed by atoms with Crippen LogP contribution in [0.5, 0.6) is 11.5 Å². The standard InChI is InChI=1S/C11H13NO3/c13-12-5-1-2-9-3-4-10-11(8-9)15-7-6-14-10/h3-4,8H,1-2,5-7H2. The molecular weight excluding hydrogens is 194 g/mol. The highest BCUT2D eigenvalue weighted by Crippen LogP contribution is 2.30. The van der Waals surface area contributed by atoms with E-state index in [1.54, 1.807) is 0 Å². The number of hydrogen-bond acceptors (Lipinski definition) is 4. The minimum Gasteiger partial charge on any atom is -0.486 e. The number of nitrogens with zero attached hydrogens (tertiary/aromatic N) is 1. The molecule has 0 saturated carbocycles. The van der Waals surface area contributed by atoms with Gasteiger partial charge in [0.1, 0.15) is 13.2 Å². The number of rotatable bonds is 4. The molecule has 0 N–H and O–H groups in total. The Kier molecular flexibility index (Phi) is 3.17. The Morgan fingerprint density at radius 2 is 2.00 bits per heavy atom. The summed E-state index contributed by atoms with van der Waals surface area (Å²) in [5, 5.41) is 2.83. The predicted octanol–water partition coefficient (Wildman–Crippen LogP) is 2.16. The van der Waals surface area contributed by atoms with Crippen LogP contribution in [0.25, 0.3) is 0 Å². The Labute approximate surface area is 88.2 Å². The molecule has 1 aliphatic heterocycles. The number of ether oxygens (including phenoxy) is 2. The third kappa shape index (κ3) is 2.46. The summed E-state index contributed by atoms with van der Waals surface area (Å²) >= 11 is 0. The van der Waals surface area contributed by atoms with Crippen molar-refractivity contribution in [2.45, 2.75) is 12.8 Å². The van der Waals surface area contributed by atoms with E-state index >= 15 is 0 Å². The predicted molar refractivity (Wildman–Crippen MR) is 56.4 cm³/mol. The molecule has 0 saturated heterocycles. The minimum absolute atomic E-state index is 0.369. The van der Waals surface area contributed by atoms with Gasteiger partial charge in [-0.05, 0) is 30.5 Å². The van der Waals surface area contributed by atoms with Gasteiger partial charge in [0.25, 0.3) is 0 Å². The van der Waals surface area contributed by atoms with Gasteiger partial charge in [-0.2, -0.15) is 4.91 Å². The molecule has 2 rings (SSSR count). The lowest BCUT2D eigenvalue weighted by atomic mass is 10.1. The summed E-state index contributed by atoms with van der Waals surface area (Å²) in [7, 11) is 0. The topological polar surface area (TPSA) is 47.9 Å². The van der Waals surface area contributed by atoms with Crippen LogP contribution in [0.15, 0.2) is 23.4 Å². The van der Waals surface area contributed by atoms with E-state index in [2.05, 4.69) is 5.18 Å². The van der Waals surface area contributed by atoms with Crippen LogP contribution in [-0.2, 0) is 6.42 Å². The fourth-order valence-electron chi connectivity index (χ4n) is 1.59. The van der Waals surface area contributed by atoms with Gasteiger partial charge >= 0.3 is 0 Å². The fraction of sp³-hybridized carbons (Fsp3) is 0.455. The van der Waals surface area contributed by atoms with E-state index in [9.17, 15) is 4.91 Å². The summed E-state index contributed by atoms with van der Waals surface area (Å²) in [6.07, 6.45) is 1.63. The lowest BCUT2D eigenvalue weighted by molar-refractivity contribution is 0.171. The van der Waals surface area contributed by atoms with Crippen LogP contribution in [0.3, 0.4) is 0 Å². The molecule has 4 nitrogen and oxygen atoms in total. The Balaban J connectivity index is 2.03. The van der Waals surface area contributed by atoms with Crippen molar-refractivity contribution in [3.05, 3.63) is 28.7 Å². The molecule has 0 aromatic heterocycles. The van der Waals surface area contributed by atoms with E-state index in [4.69, 9.17) is 9.47 Å². The second kappa shape index (κ2) is 4.77. The van der Waals surface area contributed by atoms with Crippen LogP contribution in [0.1, 0.15) is 12.0 Å². The Bertz CT molecular complexity index is 352. The summed E-state index contributed by atoms with van der Waals surface area (Å²) in [5.41, 5.74) is 1.16. The maximum atomic E-state index is 9.93. The van der Waals surface area contributed by atoms with E-state index in [0.717, 1.165) is 29.9 Å². The zero-order valence-electron chi connectivity index (χ0n) is 8.44. The van der Waals surface area contributed by atoms with Crippen LogP contribution < -0.4 is 9.47 Å². The maximum Gasteiger partial charge on any atom is 0.161 e. The van der Waals surface area contributed by atoms with Crippen molar-refractivity contribution in [2.24, 2.45) is 5.18 Å². The van der Waals surface area contributed by atoms with Crippen molar-refractivity contribution >= 4 is 0 Å². The van der Waals surface area contributed by atoms with Gasteiger partial charge in [0.15, 0.2) is 11.5 Å². The third-order valence-corrected chi connectivity index (χ3v) is 2.32. The van der Waals surface area contributed by atoms with Crippen molar-refractivity contribution < 1.29 is 9.47 Å². The largest absolute Gasteiger partial charge is 0.486 e. The third-order valence-electron chi connectivity index (χ3n) is 2.32. The maximum absolute atomic E-state index is 9.93. The van der Waals surface area contributed by atoms with Crippen LogP contribution in [0, 0.1) is 4.91 Å². The summed E-state index contributed by atoms with van der Waals surface area (Å²) in [6.45, 7) is 1.59. The normalized spacial score (nSPS) is 13.6. The minimum atomic E-state index is 0.369. The first kappa shape index (κ1) is 9.96. The average molecular weight is 207 g/mol. The molecule has 1 aromatic carbocycles. The van der Waals surface area contributed by atoms with Crippen molar-refractivity contribution in [3.63, 3.8) is 0 Å². The quantitative estimate of drug-likeness (QED) is 0.561. The highest BCUT2D eigenvalue weighted by Gasteiger charge is 2.11. The highest BCUT2D eigenvalue weighted by atomic mass is 16.6. The molecule has 1 aromatic rings. The van der Waals surface area contributed by atoms with E-state index < -0.39 is 0 Å². The van der Waals surface area contributed by atoms with Gasteiger partial charge in [-0.15, -0.1) is 0 Å². The molecule has 0 amide bonds. The van der Waals surface area contributed by atoms with Crippen molar-refractivity contribution in [1.82, 2.24) is 0 Å². The van der Waals surface area contributed by atoms with E-state index in [-0.39, 0.29) is 0 Å². The van der Waals surface area contributed by atoms with Gasteiger partial charge in [0.05, 0.1) is 6.54 Å². The zero-order chi connectivity index (χ0) is 10.5. The smallest absolute Gasteiger partial charge is 0.161 e. The summed E-state index contributed by atoms with van der Waals surface area (Å²) in [5.74, 6) is 1.61. The van der Waals surface area contributed by atoms with Crippen LogP contribution in [0.4, 0.5) is 0 Å². The molecule has 1 heterocycles. The van der Waals surface area contributed by atoms with E-state index in [0.29, 0.717) is 19.8 Å². The van der Waals surface area contributed by atoms with Gasteiger partial charge in [-0.25, -0.2) is 0 Å². The first-order valence-electron chi connectivity index (χ1n) is 5.08. The van der Waals surface area contributed by atoms with Gasteiger partial charge in [0, 0.05) is 0 Å². The Morgan fingerprint density at radius 1 is 1.20 bits per heavy atom. The van der Waals surface area contributed by atoms with Gasteiger partial charge in [-0.3, -0.25) is 0 Å². The second-order valence-electron chi connectivity index (χ2n) is 3.43. The molecule has 0 atom stereocenters. The van der Waals surface area contributed by atoms with E-state index in [1.165, 1.54) is 0 Å². The Morgan fingerprint density at radius 3 is 2.80 bits per heavy atom. The van der Waals surface area contributed by atoms with Crippen LogP contribution in [-0.4, -0.2) is 19.8 Å². The molecule has 80 valence electrons. The summed E-state index contributed by atoms with van der Waals surface area (Å²) < 4.78 is 10.9. The molecular formula is C11H13NO3. The number of benzene rings is 1. The molecule has 0 aliphatic carbocycles. The van der Waals surface area contributed by atoms with Gasteiger partial charge in [0.2, 0.25) is 0 Å². The van der Waals surface area contributed by atoms with Crippen molar-refractivity contribution in [3.8, 4) is 11.5 Å².